The van der Waals surface area contributed by atoms with Gasteiger partial charge in [-0.25, -0.2) is 4.39 Å². The van der Waals surface area contributed by atoms with Crippen LogP contribution in [0.2, 0.25) is 0 Å². The second-order valence-corrected chi connectivity index (χ2v) is 5.33. The summed E-state index contributed by atoms with van der Waals surface area (Å²) < 4.78 is 13.7. The summed E-state index contributed by atoms with van der Waals surface area (Å²) in [5.74, 6) is 1.39. The zero-order chi connectivity index (χ0) is 12.4. The molecule has 0 radical (unpaired) electrons. The van der Waals surface area contributed by atoms with E-state index in [1.54, 1.807) is 6.07 Å². The maximum absolute atomic E-state index is 13.7. The van der Waals surface area contributed by atoms with Gasteiger partial charge in [-0.1, -0.05) is 26.0 Å². The van der Waals surface area contributed by atoms with E-state index in [2.05, 4.69) is 18.7 Å². The van der Waals surface area contributed by atoms with Crippen LogP contribution in [-0.4, -0.2) is 18.0 Å². The molecule has 17 heavy (non-hydrogen) atoms. The largest absolute Gasteiger partial charge is 0.326 e. The van der Waals surface area contributed by atoms with E-state index < -0.39 is 0 Å². The molecule has 94 valence electrons. The Labute approximate surface area is 103 Å². The fourth-order valence-corrected chi connectivity index (χ4v) is 2.25. The van der Waals surface area contributed by atoms with Crippen LogP contribution in [0.1, 0.15) is 25.0 Å². The van der Waals surface area contributed by atoms with Crippen molar-refractivity contribution in [2.45, 2.75) is 26.9 Å². The summed E-state index contributed by atoms with van der Waals surface area (Å²) in [5, 5.41) is 0. The fourth-order valence-electron chi connectivity index (χ4n) is 2.25. The van der Waals surface area contributed by atoms with Crippen LogP contribution < -0.4 is 5.73 Å². The topological polar surface area (TPSA) is 29.3 Å². The number of benzene rings is 1. The average molecular weight is 236 g/mol. The molecule has 0 atom stereocenters. The van der Waals surface area contributed by atoms with Crippen molar-refractivity contribution >= 4 is 0 Å². The van der Waals surface area contributed by atoms with E-state index >= 15 is 0 Å². The van der Waals surface area contributed by atoms with Crippen LogP contribution in [0.4, 0.5) is 4.39 Å². The minimum atomic E-state index is -0.124. The Balaban J connectivity index is 1.92. The third-order valence-corrected chi connectivity index (χ3v) is 3.68. The van der Waals surface area contributed by atoms with Crippen LogP contribution in [0.15, 0.2) is 18.2 Å². The fraction of sp³-hybridized carbons (Fsp3) is 0.571. The van der Waals surface area contributed by atoms with Crippen molar-refractivity contribution in [1.82, 2.24) is 4.90 Å². The zero-order valence-corrected chi connectivity index (χ0v) is 10.6. The van der Waals surface area contributed by atoms with Crippen molar-refractivity contribution in [3.05, 3.63) is 35.1 Å². The molecule has 0 aliphatic carbocycles. The first-order chi connectivity index (χ1) is 8.10. The molecule has 0 bridgehead atoms. The smallest absolute Gasteiger partial charge is 0.128 e. The number of likely N-dealkylation sites (tertiary alicyclic amines) is 1. The van der Waals surface area contributed by atoms with Crippen LogP contribution in [0.25, 0.3) is 0 Å². The Bertz CT molecular complexity index is 384. The van der Waals surface area contributed by atoms with Gasteiger partial charge in [-0.05, 0) is 23.5 Å². The molecule has 0 amide bonds. The number of nitrogens with zero attached hydrogens (tertiary/aromatic N) is 1. The zero-order valence-electron chi connectivity index (χ0n) is 10.6. The molecule has 1 fully saturated rings. The average Bonchev–Trinajstić information content (AvgIpc) is 2.23. The van der Waals surface area contributed by atoms with Crippen LogP contribution in [0, 0.1) is 17.7 Å². The lowest BCUT2D eigenvalue weighted by Gasteiger charge is -2.41. The maximum Gasteiger partial charge on any atom is 0.128 e. The standard InChI is InChI=1S/C14H21FN2/c1-10(2)13-8-17(9-13)7-12-4-3-11(6-16)5-14(12)15/h3-5,10,13H,6-9,16H2,1-2H3. The van der Waals surface area contributed by atoms with Gasteiger partial charge >= 0.3 is 0 Å². The third-order valence-electron chi connectivity index (χ3n) is 3.68. The van der Waals surface area contributed by atoms with Crippen LogP contribution in [-0.2, 0) is 13.1 Å². The summed E-state index contributed by atoms with van der Waals surface area (Å²) in [7, 11) is 0. The summed E-state index contributed by atoms with van der Waals surface area (Å²) in [5.41, 5.74) is 7.12. The van der Waals surface area contributed by atoms with Gasteiger partial charge in [0.05, 0.1) is 0 Å². The van der Waals surface area contributed by atoms with Gasteiger partial charge in [0.2, 0.25) is 0 Å². The highest BCUT2D eigenvalue weighted by Gasteiger charge is 2.29. The van der Waals surface area contributed by atoms with E-state index in [0.717, 1.165) is 42.6 Å². The SMILES string of the molecule is CC(C)C1CN(Cc2ccc(CN)cc2F)C1. The lowest BCUT2D eigenvalue weighted by atomic mass is 9.88. The Morgan fingerprint density at radius 1 is 1.41 bits per heavy atom. The van der Waals surface area contributed by atoms with Crippen molar-refractivity contribution in [2.75, 3.05) is 13.1 Å². The number of nitrogens with two attached hydrogens (primary N) is 1. The maximum atomic E-state index is 13.7. The molecule has 1 heterocycles. The van der Waals surface area contributed by atoms with Gasteiger partial charge in [0.1, 0.15) is 5.82 Å². The first kappa shape index (κ1) is 12.5. The van der Waals surface area contributed by atoms with E-state index in [0.29, 0.717) is 6.54 Å². The van der Waals surface area contributed by atoms with E-state index in [1.807, 2.05) is 12.1 Å². The van der Waals surface area contributed by atoms with Gasteiger partial charge in [-0.15, -0.1) is 0 Å². The molecule has 2 rings (SSSR count). The van der Waals surface area contributed by atoms with Crippen LogP contribution in [0.5, 0.6) is 0 Å². The van der Waals surface area contributed by atoms with E-state index in [9.17, 15) is 4.39 Å². The molecule has 0 aromatic heterocycles. The first-order valence-electron chi connectivity index (χ1n) is 6.30. The lowest BCUT2D eigenvalue weighted by Crippen LogP contribution is -2.48. The van der Waals surface area contributed by atoms with Crippen molar-refractivity contribution in [3.63, 3.8) is 0 Å². The molecule has 0 unspecified atom stereocenters. The van der Waals surface area contributed by atoms with Crippen LogP contribution in [0.3, 0.4) is 0 Å². The summed E-state index contributed by atoms with van der Waals surface area (Å²) in [6, 6.07) is 5.33. The van der Waals surface area contributed by atoms with E-state index in [-0.39, 0.29) is 5.82 Å². The number of halogens is 1. The molecule has 3 heteroatoms. The van der Waals surface area contributed by atoms with Gasteiger partial charge in [0, 0.05) is 31.7 Å². The second kappa shape index (κ2) is 5.15. The van der Waals surface area contributed by atoms with Gasteiger partial charge < -0.3 is 5.73 Å². The predicted molar refractivity (Wildman–Crippen MR) is 67.9 cm³/mol. The molecule has 0 saturated carbocycles. The molecule has 1 aliphatic rings. The highest BCUT2D eigenvalue weighted by Crippen LogP contribution is 2.25. The Morgan fingerprint density at radius 2 is 2.12 bits per heavy atom. The normalized spacial score (nSPS) is 17.5. The Morgan fingerprint density at radius 3 is 2.65 bits per heavy atom. The quantitative estimate of drug-likeness (QED) is 0.869. The Hall–Kier alpha value is -0.930. The summed E-state index contributed by atoms with van der Waals surface area (Å²) >= 11 is 0. The predicted octanol–water partition coefficient (Wildman–Crippen LogP) is 2.37. The van der Waals surface area contributed by atoms with Crippen molar-refractivity contribution in [1.29, 1.82) is 0 Å². The van der Waals surface area contributed by atoms with Crippen LogP contribution >= 0.6 is 0 Å². The summed E-state index contributed by atoms with van der Waals surface area (Å²) in [6.45, 7) is 7.80. The first-order valence-corrected chi connectivity index (χ1v) is 6.30. The molecule has 1 aliphatic heterocycles. The molecule has 2 nitrogen and oxygen atoms in total. The molecular formula is C14H21FN2. The molecule has 1 saturated heterocycles. The number of hydrogen-bond acceptors (Lipinski definition) is 2. The van der Waals surface area contributed by atoms with Gasteiger partial charge in [0.25, 0.3) is 0 Å². The summed E-state index contributed by atoms with van der Waals surface area (Å²) in [6.07, 6.45) is 0. The van der Waals surface area contributed by atoms with Crippen molar-refractivity contribution < 1.29 is 4.39 Å². The monoisotopic (exact) mass is 236 g/mol. The highest BCUT2D eigenvalue weighted by atomic mass is 19.1. The van der Waals surface area contributed by atoms with Gasteiger partial charge in [-0.3, -0.25) is 4.90 Å². The number of rotatable bonds is 4. The molecule has 0 spiro atoms. The van der Waals surface area contributed by atoms with E-state index in [4.69, 9.17) is 5.73 Å². The Kier molecular flexibility index (Phi) is 3.79. The molecule has 1 aromatic rings. The lowest BCUT2D eigenvalue weighted by molar-refractivity contribution is 0.0604. The summed E-state index contributed by atoms with van der Waals surface area (Å²) in [4.78, 5) is 2.30. The van der Waals surface area contributed by atoms with Gasteiger partial charge in [0.15, 0.2) is 0 Å². The minimum absolute atomic E-state index is 0.124. The number of hydrogen-bond donors (Lipinski definition) is 1. The van der Waals surface area contributed by atoms with E-state index in [1.165, 1.54) is 0 Å². The molecule has 2 N–H and O–H groups in total. The van der Waals surface area contributed by atoms with Crippen molar-refractivity contribution in [2.24, 2.45) is 17.6 Å². The third kappa shape index (κ3) is 2.85. The molecule has 1 aromatic carbocycles. The minimum Gasteiger partial charge on any atom is -0.326 e. The molecular weight excluding hydrogens is 215 g/mol. The van der Waals surface area contributed by atoms with Crippen molar-refractivity contribution in [3.8, 4) is 0 Å². The van der Waals surface area contributed by atoms with Gasteiger partial charge in [-0.2, -0.15) is 0 Å². The second-order valence-electron chi connectivity index (χ2n) is 5.33. The highest BCUT2D eigenvalue weighted by molar-refractivity contribution is 5.24.